The quantitative estimate of drug-likeness (QED) is 0.648. The van der Waals surface area contributed by atoms with E-state index in [4.69, 9.17) is 0 Å². The van der Waals surface area contributed by atoms with Gasteiger partial charge in [0.2, 0.25) is 0 Å². The summed E-state index contributed by atoms with van der Waals surface area (Å²) in [4.78, 5) is 1.71. The highest BCUT2D eigenvalue weighted by molar-refractivity contribution is 5.01. The zero-order valence-corrected chi connectivity index (χ0v) is 9.10. The molecule has 0 radical (unpaired) electrons. The van der Waals surface area contributed by atoms with Crippen LogP contribution in [-0.2, 0) is 0 Å². The summed E-state index contributed by atoms with van der Waals surface area (Å²) in [7, 11) is 0. The highest BCUT2D eigenvalue weighted by atomic mass is 15.2. The van der Waals surface area contributed by atoms with Gasteiger partial charge in [-0.05, 0) is 37.3 Å². The molecule has 3 atom stereocenters. The second kappa shape index (κ2) is 3.90. The van der Waals surface area contributed by atoms with Crippen molar-refractivity contribution in [1.29, 1.82) is 0 Å². The van der Waals surface area contributed by atoms with E-state index < -0.39 is 0 Å². The van der Waals surface area contributed by atoms with Crippen LogP contribution in [0.25, 0.3) is 0 Å². The Kier molecular flexibility index (Phi) is 2.78. The highest BCUT2D eigenvalue weighted by Crippen LogP contribution is 2.35. The minimum atomic E-state index is 0.398. The molecule has 1 saturated heterocycles. The predicted octanol–water partition coefficient (Wildman–Crippen LogP) is 1.58. The summed E-state index contributed by atoms with van der Waals surface area (Å²) < 4.78 is 0. The molecule has 1 N–H and O–H groups in total. The molecule has 14 heavy (non-hydrogen) atoms. The number of likely N-dealkylation sites (tertiary alicyclic amines) is 1. The van der Waals surface area contributed by atoms with Crippen molar-refractivity contribution in [3.05, 3.63) is 25.3 Å². The Balaban J connectivity index is 2.17. The van der Waals surface area contributed by atoms with Gasteiger partial charge in [0.1, 0.15) is 5.54 Å². The Hall–Kier alpha value is -0.560. The largest absolute Gasteiger partial charge is 0.324 e. The summed E-state index contributed by atoms with van der Waals surface area (Å²) in [5.41, 5.74) is 0.398. The summed E-state index contributed by atoms with van der Waals surface area (Å²) in [6, 6.07) is 0. The van der Waals surface area contributed by atoms with E-state index in [1.807, 2.05) is 0 Å². The van der Waals surface area contributed by atoms with Gasteiger partial charge < -0.3 is 4.90 Å². The summed E-state index contributed by atoms with van der Waals surface area (Å²) >= 11 is 0. The van der Waals surface area contributed by atoms with Crippen LogP contribution in [0.4, 0.5) is 0 Å². The molecule has 78 valence electrons. The van der Waals surface area contributed by atoms with Crippen LogP contribution in [0.1, 0.15) is 32.1 Å². The maximum atomic E-state index is 4.07. The standard InChI is InChI=1S/C13H21N/c1-3-9-14-10-7-12-6-5-8-13(14,4-2)11-12/h3-4,12H,1-2,5-11H2/p+1/t12-,13+/m1/s1. The van der Waals surface area contributed by atoms with Crippen LogP contribution in [0.5, 0.6) is 0 Å². The predicted molar refractivity (Wildman–Crippen MR) is 60.4 cm³/mol. The molecule has 0 amide bonds. The first-order chi connectivity index (χ1) is 6.80. The zero-order chi connectivity index (χ0) is 10.0. The van der Waals surface area contributed by atoms with Crippen molar-refractivity contribution in [2.75, 3.05) is 13.1 Å². The van der Waals surface area contributed by atoms with E-state index in [-0.39, 0.29) is 0 Å². The second-order valence-corrected chi connectivity index (χ2v) is 4.96. The third kappa shape index (κ3) is 1.54. The monoisotopic (exact) mass is 192 g/mol. The van der Waals surface area contributed by atoms with Gasteiger partial charge in [-0.3, -0.25) is 0 Å². The van der Waals surface area contributed by atoms with Gasteiger partial charge in [0, 0.05) is 12.8 Å². The molecule has 1 heterocycles. The van der Waals surface area contributed by atoms with Gasteiger partial charge in [-0.15, -0.1) is 0 Å². The van der Waals surface area contributed by atoms with Crippen LogP contribution in [-0.4, -0.2) is 18.6 Å². The van der Waals surface area contributed by atoms with Crippen LogP contribution in [0, 0.1) is 5.92 Å². The van der Waals surface area contributed by atoms with E-state index in [0.717, 1.165) is 12.5 Å². The molecule has 0 aromatic carbocycles. The topological polar surface area (TPSA) is 4.44 Å². The van der Waals surface area contributed by atoms with Crippen LogP contribution < -0.4 is 4.90 Å². The third-order valence-corrected chi connectivity index (χ3v) is 4.23. The van der Waals surface area contributed by atoms with E-state index in [9.17, 15) is 0 Å². The second-order valence-electron chi connectivity index (χ2n) is 4.96. The molecular weight excluding hydrogens is 170 g/mol. The lowest BCUT2D eigenvalue weighted by molar-refractivity contribution is -0.948. The lowest BCUT2D eigenvalue weighted by Crippen LogP contribution is -3.21. The summed E-state index contributed by atoms with van der Waals surface area (Å²) in [5.74, 6) is 0.982. The first kappa shape index (κ1) is 9.97. The average molecular weight is 192 g/mol. The van der Waals surface area contributed by atoms with Gasteiger partial charge in [-0.25, -0.2) is 0 Å². The molecule has 0 aromatic heterocycles. The maximum absolute atomic E-state index is 4.07. The molecule has 2 fully saturated rings. The van der Waals surface area contributed by atoms with E-state index in [0.29, 0.717) is 5.54 Å². The van der Waals surface area contributed by atoms with Crippen molar-refractivity contribution in [1.82, 2.24) is 0 Å². The van der Waals surface area contributed by atoms with Crippen molar-refractivity contribution in [2.45, 2.75) is 37.6 Å². The minimum absolute atomic E-state index is 0.398. The molecule has 1 heteroatoms. The number of hydrogen-bond acceptors (Lipinski definition) is 0. The van der Waals surface area contributed by atoms with E-state index >= 15 is 0 Å². The molecule has 1 aliphatic carbocycles. The molecule has 2 bridgehead atoms. The molecular formula is C13H22N+. The number of rotatable bonds is 3. The van der Waals surface area contributed by atoms with Crippen LogP contribution in [0.2, 0.25) is 0 Å². The number of quaternary nitrogens is 1. The number of piperidine rings is 1. The Morgan fingerprint density at radius 1 is 1.36 bits per heavy atom. The molecule has 2 rings (SSSR count). The highest BCUT2D eigenvalue weighted by Gasteiger charge is 2.45. The molecule has 2 aliphatic rings. The Bertz CT molecular complexity index is 233. The fraction of sp³-hybridized carbons (Fsp3) is 0.692. The number of fused-ring (bicyclic) bond motifs is 2. The Morgan fingerprint density at radius 3 is 2.93 bits per heavy atom. The van der Waals surface area contributed by atoms with Crippen LogP contribution >= 0.6 is 0 Å². The summed E-state index contributed by atoms with van der Waals surface area (Å²) in [6.07, 6.45) is 11.3. The van der Waals surface area contributed by atoms with Gasteiger partial charge in [0.05, 0.1) is 13.1 Å². The molecule has 1 unspecified atom stereocenters. The van der Waals surface area contributed by atoms with E-state index in [1.165, 1.54) is 38.6 Å². The van der Waals surface area contributed by atoms with E-state index in [2.05, 4.69) is 25.3 Å². The molecule has 0 spiro atoms. The van der Waals surface area contributed by atoms with Gasteiger partial charge in [0.25, 0.3) is 0 Å². The van der Waals surface area contributed by atoms with Gasteiger partial charge in [-0.2, -0.15) is 0 Å². The molecule has 0 aromatic rings. The smallest absolute Gasteiger partial charge is 0.116 e. The lowest BCUT2D eigenvalue weighted by Gasteiger charge is -2.48. The van der Waals surface area contributed by atoms with E-state index in [1.54, 1.807) is 4.90 Å². The number of nitrogens with one attached hydrogen (secondary N) is 1. The SMILES string of the molecule is C=CC[NH+]1CC[C@H]2CCC[C@@]1(C=C)C2. The molecule has 1 aliphatic heterocycles. The first-order valence-corrected chi connectivity index (χ1v) is 5.90. The zero-order valence-electron chi connectivity index (χ0n) is 9.10. The van der Waals surface area contributed by atoms with Gasteiger partial charge in [-0.1, -0.05) is 13.2 Å². The van der Waals surface area contributed by atoms with Crippen molar-refractivity contribution < 1.29 is 4.90 Å². The Morgan fingerprint density at radius 2 is 2.21 bits per heavy atom. The minimum Gasteiger partial charge on any atom is -0.324 e. The van der Waals surface area contributed by atoms with Crippen molar-refractivity contribution >= 4 is 0 Å². The van der Waals surface area contributed by atoms with Crippen molar-refractivity contribution in [3.63, 3.8) is 0 Å². The first-order valence-electron chi connectivity index (χ1n) is 5.90. The lowest BCUT2D eigenvalue weighted by atomic mass is 9.70. The van der Waals surface area contributed by atoms with Crippen LogP contribution in [0.3, 0.4) is 0 Å². The molecule has 1 saturated carbocycles. The van der Waals surface area contributed by atoms with Gasteiger partial charge in [0.15, 0.2) is 0 Å². The van der Waals surface area contributed by atoms with Crippen molar-refractivity contribution in [2.24, 2.45) is 5.92 Å². The third-order valence-electron chi connectivity index (χ3n) is 4.23. The van der Waals surface area contributed by atoms with Crippen LogP contribution in [0.15, 0.2) is 25.3 Å². The number of hydrogen-bond donors (Lipinski definition) is 1. The average Bonchev–Trinajstić information content (AvgIpc) is 2.23. The normalized spacial score (nSPS) is 41.7. The molecule has 1 nitrogen and oxygen atoms in total. The summed E-state index contributed by atoms with van der Waals surface area (Å²) in [6.45, 7) is 10.4. The maximum Gasteiger partial charge on any atom is 0.116 e. The van der Waals surface area contributed by atoms with Gasteiger partial charge >= 0.3 is 0 Å². The Labute approximate surface area is 87.5 Å². The fourth-order valence-electron chi connectivity index (χ4n) is 3.43. The van der Waals surface area contributed by atoms with Crippen molar-refractivity contribution in [3.8, 4) is 0 Å². The summed E-state index contributed by atoms with van der Waals surface area (Å²) in [5, 5.41) is 0. The fourth-order valence-corrected chi connectivity index (χ4v) is 3.43.